The number of thiophene rings is 1. The average Bonchev–Trinajstić information content (AvgIpc) is 2.97. The molecule has 1 N–H and O–H groups in total. The Morgan fingerprint density at radius 2 is 1.93 bits per heavy atom. The number of carbonyl (C=O) groups is 1. The summed E-state index contributed by atoms with van der Waals surface area (Å²) in [7, 11) is 0. The van der Waals surface area contributed by atoms with E-state index in [1.165, 1.54) is 16.2 Å². The number of nitrogens with one attached hydrogen (secondary N) is 1. The number of hydrogen-bond donors (Lipinski definition) is 1. The van der Waals surface area contributed by atoms with Crippen LogP contribution in [0, 0.1) is 11.3 Å². The van der Waals surface area contributed by atoms with Crippen LogP contribution in [0.5, 0.6) is 5.75 Å². The van der Waals surface area contributed by atoms with Crippen LogP contribution in [0.15, 0.2) is 24.3 Å². The molecule has 1 amide bonds. The van der Waals surface area contributed by atoms with E-state index in [0.717, 1.165) is 30.8 Å². The van der Waals surface area contributed by atoms with Crippen LogP contribution in [0.25, 0.3) is 0 Å². The molecule has 0 saturated carbocycles. The van der Waals surface area contributed by atoms with Crippen molar-refractivity contribution >= 4 is 34.7 Å². The molecule has 3 rings (SSSR count). The van der Waals surface area contributed by atoms with Crippen LogP contribution >= 0.6 is 23.7 Å². The number of ether oxygens (including phenoxy) is 1. The molecule has 5 nitrogen and oxygen atoms in total. The van der Waals surface area contributed by atoms with E-state index in [0.29, 0.717) is 22.2 Å². The molecule has 2 heterocycles. The van der Waals surface area contributed by atoms with Crippen molar-refractivity contribution in [3.63, 3.8) is 0 Å². The fourth-order valence-electron chi connectivity index (χ4n) is 3.20. The zero-order chi connectivity index (χ0) is 19.6. The molecule has 0 bridgehead atoms. The van der Waals surface area contributed by atoms with Gasteiger partial charge in [0.15, 0.2) is 0 Å². The number of halogens is 1. The summed E-state index contributed by atoms with van der Waals surface area (Å²) in [6.45, 7) is 10.1. The van der Waals surface area contributed by atoms with E-state index >= 15 is 0 Å². The maximum absolute atomic E-state index is 12.6. The standard InChI is InChI=1S/C21H25N3O2S.ClH/c1-13(2)24-10-9-17-18(11-22)21(27-19(17)12-24)23-20(25)15-5-7-16(8-6-15)26-14(3)4;/h5-8,13-14H,9-10,12H2,1-4H3,(H,23,25);1H. The van der Waals surface area contributed by atoms with Crippen LogP contribution in [-0.4, -0.2) is 29.5 Å². The number of fused-ring (bicyclic) bond motifs is 1. The van der Waals surface area contributed by atoms with Gasteiger partial charge in [-0.2, -0.15) is 5.26 Å². The fraction of sp³-hybridized carbons (Fsp3) is 0.429. The normalized spacial score (nSPS) is 13.6. The third-order valence-corrected chi connectivity index (χ3v) is 5.78. The number of benzene rings is 1. The van der Waals surface area contributed by atoms with Crippen LogP contribution < -0.4 is 10.1 Å². The summed E-state index contributed by atoms with van der Waals surface area (Å²) in [5.74, 6) is 0.529. The minimum Gasteiger partial charge on any atom is -0.491 e. The van der Waals surface area contributed by atoms with Crippen molar-refractivity contribution < 1.29 is 9.53 Å². The molecule has 0 spiro atoms. The molecule has 0 fully saturated rings. The zero-order valence-corrected chi connectivity index (χ0v) is 18.2. The van der Waals surface area contributed by atoms with E-state index in [1.54, 1.807) is 24.3 Å². The lowest BCUT2D eigenvalue weighted by Gasteiger charge is -2.30. The van der Waals surface area contributed by atoms with Crippen molar-refractivity contribution in [1.82, 2.24) is 4.90 Å². The molecule has 28 heavy (non-hydrogen) atoms. The Morgan fingerprint density at radius 3 is 2.50 bits per heavy atom. The number of nitriles is 1. The zero-order valence-electron chi connectivity index (χ0n) is 16.6. The van der Waals surface area contributed by atoms with Gasteiger partial charge in [0.05, 0.1) is 11.7 Å². The van der Waals surface area contributed by atoms with Crippen molar-refractivity contribution in [2.45, 2.75) is 52.8 Å². The topological polar surface area (TPSA) is 65.4 Å². The number of hydrogen-bond acceptors (Lipinski definition) is 5. The third kappa shape index (κ3) is 4.85. The van der Waals surface area contributed by atoms with Crippen LogP contribution in [0.4, 0.5) is 5.00 Å². The van der Waals surface area contributed by atoms with Gasteiger partial charge >= 0.3 is 0 Å². The summed E-state index contributed by atoms with van der Waals surface area (Å²) in [5.41, 5.74) is 2.26. The van der Waals surface area contributed by atoms with Gasteiger partial charge in [0.1, 0.15) is 16.8 Å². The Bertz CT molecular complexity index is 869. The van der Waals surface area contributed by atoms with Crippen LogP contribution in [-0.2, 0) is 13.0 Å². The second-order valence-electron chi connectivity index (χ2n) is 7.28. The quantitative estimate of drug-likeness (QED) is 0.752. The first-order valence-corrected chi connectivity index (χ1v) is 10.1. The van der Waals surface area contributed by atoms with Crippen molar-refractivity contribution in [3.8, 4) is 11.8 Å². The van der Waals surface area contributed by atoms with E-state index < -0.39 is 0 Å². The molecule has 0 saturated heterocycles. The summed E-state index contributed by atoms with van der Waals surface area (Å²) in [6.07, 6.45) is 0.940. The van der Waals surface area contributed by atoms with Gasteiger partial charge in [0, 0.05) is 29.6 Å². The minimum atomic E-state index is -0.207. The van der Waals surface area contributed by atoms with Gasteiger partial charge in [-0.1, -0.05) is 0 Å². The van der Waals surface area contributed by atoms with Crippen LogP contribution in [0.3, 0.4) is 0 Å². The molecule has 0 unspecified atom stereocenters. The van der Waals surface area contributed by atoms with Gasteiger partial charge in [0.25, 0.3) is 5.91 Å². The molecule has 1 aliphatic heterocycles. The van der Waals surface area contributed by atoms with Gasteiger partial charge in [0.2, 0.25) is 0 Å². The summed E-state index contributed by atoms with van der Waals surface area (Å²) >= 11 is 1.52. The SMILES string of the molecule is CC(C)Oc1ccc(C(=O)Nc2sc3c(c2C#N)CCN(C(C)C)C3)cc1.Cl. The lowest BCUT2D eigenvalue weighted by molar-refractivity contribution is 0.102. The smallest absolute Gasteiger partial charge is 0.256 e. The van der Waals surface area contributed by atoms with Crippen molar-refractivity contribution in [2.75, 3.05) is 11.9 Å². The van der Waals surface area contributed by atoms with Crippen molar-refractivity contribution in [3.05, 3.63) is 45.8 Å². The van der Waals surface area contributed by atoms with E-state index in [4.69, 9.17) is 4.74 Å². The lowest BCUT2D eigenvalue weighted by atomic mass is 10.0. The molecule has 7 heteroatoms. The van der Waals surface area contributed by atoms with Crippen molar-refractivity contribution in [1.29, 1.82) is 5.26 Å². The maximum atomic E-state index is 12.6. The highest BCUT2D eigenvalue weighted by Gasteiger charge is 2.26. The molecule has 1 aliphatic rings. The molecular formula is C21H26ClN3O2S. The van der Waals surface area contributed by atoms with E-state index in [9.17, 15) is 10.1 Å². The fourth-order valence-corrected chi connectivity index (χ4v) is 4.42. The Morgan fingerprint density at radius 1 is 1.25 bits per heavy atom. The van der Waals surface area contributed by atoms with Gasteiger partial charge in [-0.3, -0.25) is 9.69 Å². The first kappa shape index (κ1) is 22.2. The van der Waals surface area contributed by atoms with Gasteiger partial charge in [-0.25, -0.2) is 0 Å². The molecule has 0 atom stereocenters. The Labute approximate surface area is 176 Å². The Kier molecular flexibility index (Phi) is 7.48. The molecular weight excluding hydrogens is 394 g/mol. The summed E-state index contributed by atoms with van der Waals surface area (Å²) in [4.78, 5) is 16.2. The van der Waals surface area contributed by atoms with Crippen LogP contribution in [0.1, 0.15) is 54.1 Å². The van der Waals surface area contributed by atoms with Gasteiger partial charge in [-0.15, -0.1) is 23.7 Å². The predicted molar refractivity (Wildman–Crippen MR) is 116 cm³/mol. The maximum Gasteiger partial charge on any atom is 0.256 e. The Hall–Kier alpha value is -2.07. The van der Waals surface area contributed by atoms with E-state index in [2.05, 4.69) is 30.1 Å². The average molecular weight is 420 g/mol. The third-order valence-electron chi connectivity index (χ3n) is 4.64. The van der Waals surface area contributed by atoms with Gasteiger partial charge in [-0.05, 0) is 63.9 Å². The molecule has 1 aromatic heterocycles. The number of rotatable bonds is 5. The Balaban J connectivity index is 0.00000280. The highest BCUT2D eigenvalue weighted by Crippen LogP contribution is 2.37. The highest BCUT2D eigenvalue weighted by atomic mass is 35.5. The number of nitrogens with zero attached hydrogens (tertiary/aromatic N) is 2. The molecule has 0 aliphatic carbocycles. The molecule has 1 aromatic carbocycles. The van der Waals surface area contributed by atoms with Crippen LogP contribution in [0.2, 0.25) is 0 Å². The number of anilines is 1. The highest BCUT2D eigenvalue weighted by molar-refractivity contribution is 7.16. The van der Waals surface area contributed by atoms with Gasteiger partial charge < -0.3 is 10.1 Å². The largest absolute Gasteiger partial charge is 0.491 e. The molecule has 0 radical (unpaired) electrons. The first-order chi connectivity index (χ1) is 12.9. The summed E-state index contributed by atoms with van der Waals surface area (Å²) in [6, 6.07) is 9.83. The number of carbonyl (C=O) groups excluding carboxylic acids is 1. The molecule has 150 valence electrons. The molecule has 2 aromatic rings. The monoisotopic (exact) mass is 419 g/mol. The number of amides is 1. The predicted octanol–water partition coefficient (Wildman–Crippen LogP) is 4.85. The van der Waals surface area contributed by atoms with Crippen molar-refractivity contribution in [2.24, 2.45) is 0 Å². The summed E-state index contributed by atoms with van der Waals surface area (Å²) < 4.78 is 5.61. The van der Waals surface area contributed by atoms with E-state index in [-0.39, 0.29) is 24.4 Å². The first-order valence-electron chi connectivity index (χ1n) is 9.25. The second-order valence-corrected chi connectivity index (χ2v) is 8.38. The summed E-state index contributed by atoms with van der Waals surface area (Å²) in [5, 5.41) is 13.2. The minimum absolute atomic E-state index is 0. The lowest BCUT2D eigenvalue weighted by Crippen LogP contribution is -2.35. The van der Waals surface area contributed by atoms with E-state index in [1.807, 2.05) is 13.8 Å². The second kappa shape index (κ2) is 9.42.